The molecule has 29 heavy (non-hydrogen) atoms. The van der Waals surface area contributed by atoms with Crippen molar-refractivity contribution in [1.82, 2.24) is 0 Å². The first-order chi connectivity index (χ1) is 14.2. The molecule has 3 heteroatoms. The minimum absolute atomic E-state index is 0.168. The molecule has 2 atom stereocenters. The number of rotatable bonds is 2. The molecule has 0 radical (unpaired) electrons. The molecule has 0 spiro atoms. The van der Waals surface area contributed by atoms with Gasteiger partial charge in [-0.1, -0.05) is 91.1 Å². The molecule has 3 aromatic rings. The summed E-state index contributed by atoms with van der Waals surface area (Å²) in [6.07, 6.45) is 12.5. The lowest BCUT2D eigenvalue weighted by Gasteiger charge is -2.26. The van der Waals surface area contributed by atoms with Crippen molar-refractivity contribution in [2.24, 2.45) is 11.8 Å². The van der Waals surface area contributed by atoms with E-state index in [1.54, 1.807) is 0 Å². The molecule has 2 unspecified atom stereocenters. The first-order valence-electron chi connectivity index (χ1n) is 10.0. The normalized spacial score (nSPS) is 20.9. The van der Waals surface area contributed by atoms with Gasteiger partial charge in [0.25, 0.3) is 0 Å². The summed E-state index contributed by atoms with van der Waals surface area (Å²) < 4.78 is 0. The maximum Gasteiger partial charge on any atom is 0.488 e. The van der Waals surface area contributed by atoms with Crippen LogP contribution < -0.4 is 0 Å². The molecular formula is C26H19BO2. The third kappa shape index (κ3) is 2.45. The van der Waals surface area contributed by atoms with Crippen molar-refractivity contribution in [1.29, 1.82) is 0 Å². The molecular weight excluding hydrogens is 355 g/mol. The van der Waals surface area contributed by atoms with Crippen LogP contribution in [0.5, 0.6) is 0 Å². The molecule has 138 valence electrons. The zero-order valence-corrected chi connectivity index (χ0v) is 15.8. The van der Waals surface area contributed by atoms with Crippen LogP contribution in [-0.2, 0) is 0 Å². The second kappa shape index (κ2) is 6.18. The lowest BCUT2D eigenvalue weighted by molar-refractivity contribution is 0.419. The fourth-order valence-corrected chi connectivity index (χ4v) is 4.98. The van der Waals surface area contributed by atoms with Gasteiger partial charge in [-0.25, -0.2) is 0 Å². The van der Waals surface area contributed by atoms with Gasteiger partial charge in [0.2, 0.25) is 0 Å². The van der Waals surface area contributed by atoms with Crippen LogP contribution in [0.25, 0.3) is 38.6 Å². The van der Waals surface area contributed by atoms with Gasteiger partial charge in [0.05, 0.1) is 0 Å². The molecule has 2 N–H and O–H groups in total. The standard InChI is InChI=1S/C26H19BO2/c28-27(29)19-11-10-16-14-18(9-8-17(16)15-19)20-12-13-25-22-5-2-1-4-21(22)24-7-3-6-23(20)26(24)25/h1-17,28-29H. The maximum absolute atomic E-state index is 9.44. The smallest absolute Gasteiger partial charge is 0.423 e. The highest BCUT2D eigenvalue weighted by Crippen LogP contribution is 2.49. The molecule has 3 aromatic carbocycles. The minimum Gasteiger partial charge on any atom is -0.423 e. The molecule has 0 saturated carbocycles. The highest BCUT2D eigenvalue weighted by molar-refractivity contribution is 6.51. The van der Waals surface area contributed by atoms with E-state index in [4.69, 9.17) is 0 Å². The Hall–Kier alpha value is -3.14. The van der Waals surface area contributed by atoms with E-state index in [0.29, 0.717) is 5.47 Å². The van der Waals surface area contributed by atoms with Gasteiger partial charge in [0.15, 0.2) is 0 Å². The van der Waals surface area contributed by atoms with E-state index in [2.05, 4.69) is 78.9 Å². The zero-order valence-electron chi connectivity index (χ0n) is 15.8. The molecule has 0 aliphatic heterocycles. The van der Waals surface area contributed by atoms with Crippen molar-refractivity contribution in [3.8, 4) is 22.3 Å². The molecule has 3 aliphatic carbocycles. The average molecular weight is 374 g/mol. The molecule has 6 rings (SSSR count). The number of fused-ring (bicyclic) bond motifs is 4. The molecule has 0 saturated heterocycles. The Morgan fingerprint density at radius 3 is 2.07 bits per heavy atom. The van der Waals surface area contributed by atoms with E-state index >= 15 is 0 Å². The van der Waals surface area contributed by atoms with Crippen LogP contribution in [0.15, 0.2) is 96.5 Å². The van der Waals surface area contributed by atoms with E-state index in [1.165, 1.54) is 44.2 Å². The topological polar surface area (TPSA) is 40.5 Å². The van der Waals surface area contributed by atoms with Crippen LogP contribution in [0.1, 0.15) is 5.56 Å². The van der Waals surface area contributed by atoms with Crippen LogP contribution in [0.2, 0.25) is 0 Å². The average Bonchev–Trinajstić information content (AvgIpc) is 3.09. The highest BCUT2D eigenvalue weighted by atomic mass is 16.4. The minimum atomic E-state index is -1.41. The van der Waals surface area contributed by atoms with E-state index in [0.717, 1.165) is 0 Å². The largest absolute Gasteiger partial charge is 0.488 e. The predicted octanol–water partition coefficient (Wildman–Crippen LogP) is 5.18. The summed E-state index contributed by atoms with van der Waals surface area (Å²) >= 11 is 0. The highest BCUT2D eigenvalue weighted by Gasteiger charge is 2.26. The Balaban J connectivity index is 1.48. The first-order valence-corrected chi connectivity index (χ1v) is 10.0. The van der Waals surface area contributed by atoms with Crippen molar-refractivity contribution in [3.63, 3.8) is 0 Å². The van der Waals surface area contributed by atoms with Gasteiger partial charge in [-0.2, -0.15) is 0 Å². The third-order valence-electron chi connectivity index (χ3n) is 6.37. The Labute approximate surface area is 170 Å². The van der Waals surface area contributed by atoms with Crippen LogP contribution in [0.4, 0.5) is 0 Å². The molecule has 0 fully saturated rings. The molecule has 2 nitrogen and oxygen atoms in total. The summed E-state index contributed by atoms with van der Waals surface area (Å²) in [5.74, 6) is 0.402. The van der Waals surface area contributed by atoms with Crippen LogP contribution in [-0.4, -0.2) is 17.2 Å². The van der Waals surface area contributed by atoms with Gasteiger partial charge in [-0.15, -0.1) is 0 Å². The summed E-state index contributed by atoms with van der Waals surface area (Å²) in [7, 11) is -1.41. The fourth-order valence-electron chi connectivity index (χ4n) is 4.98. The van der Waals surface area contributed by atoms with Crippen LogP contribution in [0.3, 0.4) is 0 Å². The van der Waals surface area contributed by atoms with Gasteiger partial charge in [-0.3, -0.25) is 0 Å². The summed E-state index contributed by atoms with van der Waals surface area (Å²) in [6.45, 7) is 0. The number of hydrogen-bond donors (Lipinski definition) is 2. The van der Waals surface area contributed by atoms with Crippen LogP contribution in [0, 0.1) is 11.8 Å². The van der Waals surface area contributed by atoms with Crippen molar-refractivity contribution in [2.75, 3.05) is 0 Å². The molecule has 0 bridgehead atoms. The maximum atomic E-state index is 9.44. The van der Waals surface area contributed by atoms with E-state index in [1.807, 2.05) is 12.2 Å². The van der Waals surface area contributed by atoms with E-state index in [9.17, 15) is 10.0 Å². The van der Waals surface area contributed by atoms with Crippen LogP contribution >= 0.6 is 0 Å². The van der Waals surface area contributed by atoms with Gasteiger partial charge < -0.3 is 10.0 Å². The van der Waals surface area contributed by atoms with Gasteiger partial charge >= 0.3 is 7.12 Å². The molecule has 0 aromatic heterocycles. The Kier molecular flexibility index (Phi) is 3.58. The second-order valence-corrected chi connectivity index (χ2v) is 7.97. The van der Waals surface area contributed by atoms with Crippen molar-refractivity contribution >= 4 is 23.5 Å². The third-order valence-corrected chi connectivity index (χ3v) is 6.37. The van der Waals surface area contributed by atoms with Gasteiger partial charge in [0.1, 0.15) is 0 Å². The van der Waals surface area contributed by atoms with Crippen molar-refractivity contribution in [2.45, 2.75) is 0 Å². The second-order valence-electron chi connectivity index (χ2n) is 7.97. The number of hydrogen-bond acceptors (Lipinski definition) is 2. The van der Waals surface area contributed by atoms with E-state index < -0.39 is 7.12 Å². The summed E-state index contributed by atoms with van der Waals surface area (Å²) in [5, 5.41) is 21.5. The van der Waals surface area contributed by atoms with Crippen molar-refractivity contribution in [3.05, 3.63) is 102 Å². The molecule has 0 heterocycles. The van der Waals surface area contributed by atoms with Gasteiger partial charge in [0, 0.05) is 11.8 Å². The quantitative estimate of drug-likeness (QED) is 0.475. The van der Waals surface area contributed by atoms with Crippen molar-refractivity contribution < 1.29 is 10.0 Å². The summed E-state index contributed by atoms with van der Waals surface area (Å²) in [6, 6.07) is 19.7. The van der Waals surface area contributed by atoms with E-state index in [-0.39, 0.29) is 11.8 Å². The monoisotopic (exact) mass is 374 g/mol. The summed E-state index contributed by atoms with van der Waals surface area (Å²) in [4.78, 5) is 0. The molecule has 3 aliphatic rings. The SMILES string of the molecule is OB(O)C1=CC2C=CC(c3ccc4c5c(cccc35)-c3ccccc3-4)=CC2C=C1. The summed E-state index contributed by atoms with van der Waals surface area (Å²) in [5.41, 5.74) is 8.29. The fraction of sp³-hybridized carbons (Fsp3) is 0.0769. The number of allylic oxidation sites excluding steroid dienone is 8. The zero-order chi connectivity index (χ0) is 19.5. The van der Waals surface area contributed by atoms with Gasteiger partial charge in [-0.05, 0) is 49.6 Å². The molecule has 0 amide bonds. The Morgan fingerprint density at radius 2 is 1.28 bits per heavy atom. The Morgan fingerprint density at radius 1 is 0.621 bits per heavy atom. The Bertz CT molecular complexity index is 1260. The lowest BCUT2D eigenvalue weighted by Crippen LogP contribution is -2.21. The first kappa shape index (κ1) is 16.8. The lowest BCUT2D eigenvalue weighted by atomic mass is 9.70. The number of benzene rings is 3. The predicted molar refractivity (Wildman–Crippen MR) is 120 cm³/mol.